The Morgan fingerprint density at radius 2 is 1.90 bits per heavy atom. The molecule has 8 heteroatoms. The summed E-state index contributed by atoms with van der Waals surface area (Å²) in [5.74, 6) is -0.544. The van der Waals surface area contributed by atoms with Crippen LogP contribution in [0.3, 0.4) is 0 Å². The Morgan fingerprint density at radius 3 is 2.62 bits per heavy atom. The molecule has 2 aromatic carbocycles. The van der Waals surface area contributed by atoms with E-state index in [4.69, 9.17) is 0 Å². The molecule has 1 aromatic heterocycles. The normalized spacial score (nSPS) is 18.8. The maximum atomic E-state index is 13.2. The van der Waals surface area contributed by atoms with E-state index in [1.807, 2.05) is 51.1 Å². The van der Waals surface area contributed by atoms with E-state index in [2.05, 4.69) is 32.9 Å². The van der Waals surface area contributed by atoms with Gasteiger partial charge in [-0.2, -0.15) is 0 Å². The van der Waals surface area contributed by atoms with Gasteiger partial charge in [0.2, 0.25) is 0 Å². The van der Waals surface area contributed by atoms with Gasteiger partial charge in [0.05, 0.1) is 17.2 Å². The predicted octanol–water partition coefficient (Wildman–Crippen LogP) is 4.83. The van der Waals surface area contributed by atoms with E-state index in [-0.39, 0.29) is 29.8 Å². The van der Waals surface area contributed by atoms with Gasteiger partial charge in [0, 0.05) is 40.8 Å². The largest absolute Gasteiger partial charge is 0.358 e. The smallest absolute Gasteiger partial charge is 0.256 e. The number of aromatic amines is 1. The molecule has 0 radical (unpaired) electrons. The quantitative estimate of drug-likeness (QED) is 0.323. The maximum Gasteiger partial charge on any atom is 0.256 e. The number of nitrogens with zero attached hydrogens (tertiary/aromatic N) is 1. The number of benzene rings is 2. The van der Waals surface area contributed by atoms with Crippen LogP contribution in [0.1, 0.15) is 81.0 Å². The Balaban J connectivity index is 1.39. The van der Waals surface area contributed by atoms with Crippen LogP contribution in [0.25, 0.3) is 11.6 Å². The number of aryl methyl sites for hydroxylation is 1. The molecule has 0 unspecified atom stereocenters. The van der Waals surface area contributed by atoms with Crippen LogP contribution in [0.2, 0.25) is 0 Å². The van der Waals surface area contributed by atoms with Crippen molar-refractivity contribution >= 4 is 35.1 Å². The van der Waals surface area contributed by atoms with Crippen LogP contribution in [0.15, 0.2) is 48.5 Å². The summed E-state index contributed by atoms with van der Waals surface area (Å²) in [4.78, 5) is 44.9. The van der Waals surface area contributed by atoms with Crippen LogP contribution in [0.4, 0.5) is 5.69 Å². The minimum Gasteiger partial charge on any atom is -0.358 e. The number of carbonyl (C=O) groups is 3. The SMILES string of the molecule is CC[C@@H](NC(=O)c1ccc2c(c1)/C(=C/c1[nH]c(C)c(C(=O)N[C@H]3CCCN(C)C3)c1C)C(=O)N2)c1ccccc1. The molecule has 0 spiro atoms. The highest BCUT2D eigenvalue weighted by atomic mass is 16.2. The van der Waals surface area contributed by atoms with Gasteiger partial charge in [-0.3, -0.25) is 14.4 Å². The van der Waals surface area contributed by atoms with E-state index in [9.17, 15) is 14.4 Å². The number of hydrogen-bond donors (Lipinski definition) is 4. The molecule has 3 amide bonds. The first kappa shape index (κ1) is 27.4. The Kier molecular flexibility index (Phi) is 7.89. The van der Waals surface area contributed by atoms with Crippen molar-refractivity contribution in [2.75, 3.05) is 25.5 Å². The zero-order valence-corrected chi connectivity index (χ0v) is 23.6. The second kappa shape index (κ2) is 11.5. The summed E-state index contributed by atoms with van der Waals surface area (Å²) in [7, 11) is 2.07. The Labute approximate surface area is 235 Å². The number of aromatic nitrogens is 1. The minimum absolute atomic E-state index is 0.102. The maximum absolute atomic E-state index is 13.2. The average molecular weight is 540 g/mol. The monoisotopic (exact) mass is 539 g/mol. The Morgan fingerprint density at radius 1 is 1.12 bits per heavy atom. The molecule has 2 aliphatic heterocycles. The third-order valence-electron chi connectivity index (χ3n) is 7.93. The number of carbonyl (C=O) groups excluding carboxylic acids is 3. The third-order valence-corrected chi connectivity index (χ3v) is 7.93. The molecule has 208 valence electrons. The van der Waals surface area contributed by atoms with E-state index in [1.165, 1.54) is 0 Å². The van der Waals surface area contributed by atoms with Gasteiger partial charge in [-0.15, -0.1) is 0 Å². The van der Waals surface area contributed by atoms with Gasteiger partial charge in [0.25, 0.3) is 17.7 Å². The molecular formula is C32H37N5O3. The minimum atomic E-state index is -0.244. The molecule has 0 aliphatic carbocycles. The summed E-state index contributed by atoms with van der Waals surface area (Å²) in [6.45, 7) is 7.68. The van der Waals surface area contributed by atoms with E-state index in [0.717, 1.165) is 49.2 Å². The number of likely N-dealkylation sites (N-methyl/N-ethyl adjacent to an activating group) is 1. The van der Waals surface area contributed by atoms with Crippen molar-refractivity contribution in [2.45, 2.75) is 52.1 Å². The van der Waals surface area contributed by atoms with E-state index < -0.39 is 0 Å². The highest BCUT2D eigenvalue weighted by Gasteiger charge is 2.28. The molecule has 2 atom stereocenters. The molecular weight excluding hydrogens is 502 g/mol. The fraction of sp³-hybridized carbons (Fsp3) is 0.344. The van der Waals surface area contributed by atoms with Crippen molar-refractivity contribution < 1.29 is 14.4 Å². The number of rotatable bonds is 7. The number of likely N-dealkylation sites (tertiary alicyclic amines) is 1. The first-order chi connectivity index (χ1) is 19.2. The Bertz CT molecular complexity index is 1470. The number of anilines is 1. The second-order valence-electron chi connectivity index (χ2n) is 10.9. The van der Waals surface area contributed by atoms with Gasteiger partial charge >= 0.3 is 0 Å². The van der Waals surface area contributed by atoms with Gasteiger partial charge in [0.1, 0.15) is 0 Å². The summed E-state index contributed by atoms with van der Waals surface area (Å²) in [5, 5.41) is 9.20. The Hall–Kier alpha value is -4.17. The van der Waals surface area contributed by atoms with Gasteiger partial charge in [-0.25, -0.2) is 0 Å². The van der Waals surface area contributed by atoms with Gasteiger partial charge in [-0.05, 0) is 82.1 Å². The molecule has 8 nitrogen and oxygen atoms in total. The van der Waals surface area contributed by atoms with Gasteiger partial charge in [0.15, 0.2) is 0 Å². The molecule has 3 aromatic rings. The lowest BCUT2D eigenvalue weighted by atomic mass is 10.00. The fourth-order valence-corrected chi connectivity index (χ4v) is 5.77. The summed E-state index contributed by atoms with van der Waals surface area (Å²) in [6.07, 6.45) is 4.55. The summed E-state index contributed by atoms with van der Waals surface area (Å²) >= 11 is 0. The van der Waals surface area contributed by atoms with Crippen LogP contribution in [-0.4, -0.2) is 53.8 Å². The molecule has 5 rings (SSSR count). The average Bonchev–Trinajstić information content (AvgIpc) is 3.41. The highest BCUT2D eigenvalue weighted by molar-refractivity contribution is 6.35. The molecule has 0 bridgehead atoms. The topological polar surface area (TPSA) is 106 Å². The lowest BCUT2D eigenvalue weighted by molar-refractivity contribution is -0.110. The number of amides is 3. The lowest BCUT2D eigenvalue weighted by Gasteiger charge is -2.30. The number of fused-ring (bicyclic) bond motifs is 1. The fourth-order valence-electron chi connectivity index (χ4n) is 5.77. The van der Waals surface area contributed by atoms with Crippen molar-refractivity contribution in [1.29, 1.82) is 0 Å². The molecule has 2 aliphatic rings. The summed E-state index contributed by atoms with van der Waals surface area (Å²) in [6, 6.07) is 15.1. The van der Waals surface area contributed by atoms with E-state index >= 15 is 0 Å². The molecule has 3 heterocycles. The standard InChI is InChI=1S/C32H37N5O3/c1-5-26(21-10-7-6-8-11-21)35-30(38)22-13-14-27-24(16-22)25(31(39)36-27)17-28-19(2)29(20(3)33-28)32(40)34-23-12-9-15-37(4)18-23/h6-8,10-11,13-14,16-17,23,26,33H,5,9,12,15,18H2,1-4H3,(H,34,40)(H,35,38)(H,36,39)/b25-17-/t23-,26+/m0/s1. The van der Waals surface area contributed by atoms with Gasteiger partial charge in [-0.1, -0.05) is 37.3 Å². The number of H-pyrrole nitrogens is 1. The number of nitrogens with one attached hydrogen (secondary N) is 4. The van der Waals surface area contributed by atoms with Crippen LogP contribution < -0.4 is 16.0 Å². The third kappa shape index (κ3) is 5.58. The highest BCUT2D eigenvalue weighted by Crippen LogP contribution is 2.35. The van der Waals surface area contributed by atoms with Crippen molar-refractivity contribution in [2.24, 2.45) is 0 Å². The number of piperidine rings is 1. The summed E-state index contributed by atoms with van der Waals surface area (Å²) in [5.41, 5.74) is 6.14. The molecule has 40 heavy (non-hydrogen) atoms. The molecule has 0 saturated carbocycles. The van der Waals surface area contributed by atoms with Crippen LogP contribution in [0, 0.1) is 13.8 Å². The van der Waals surface area contributed by atoms with Gasteiger partial charge < -0.3 is 25.8 Å². The van der Waals surface area contributed by atoms with Crippen molar-refractivity contribution in [3.8, 4) is 0 Å². The zero-order valence-electron chi connectivity index (χ0n) is 23.6. The molecule has 4 N–H and O–H groups in total. The van der Waals surface area contributed by atoms with Crippen LogP contribution in [-0.2, 0) is 4.79 Å². The lowest BCUT2D eigenvalue weighted by Crippen LogP contribution is -2.46. The summed E-state index contributed by atoms with van der Waals surface area (Å²) < 4.78 is 0. The van der Waals surface area contributed by atoms with Crippen molar-refractivity contribution in [1.82, 2.24) is 20.5 Å². The first-order valence-corrected chi connectivity index (χ1v) is 14.0. The van der Waals surface area contributed by atoms with Crippen molar-refractivity contribution in [3.05, 3.63) is 87.7 Å². The van der Waals surface area contributed by atoms with Crippen molar-refractivity contribution in [3.63, 3.8) is 0 Å². The van der Waals surface area contributed by atoms with Crippen LogP contribution in [0.5, 0.6) is 0 Å². The predicted molar refractivity (Wildman–Crippen MR) is 158 cm³/mol. The van der Waals surface area contributed by atoms with E-state index in [0.29, 0.717) is 33.6 Å². The molecule has 1 saturated heterocycles. The van der Waals surface area contributed by atoms with E-state index in [1.54, 1.807) is 24.3 Å². The van der Waals surface area contributed by atoms with Crippen LogP contribution >= 0.6 is 0 Å². The second-order valence-corrected chi connectivity index (χ2v) is 10.9. The zero-order chi connectivity index (χ0) is 28.4. The number of hydrogen-bond acceptors (Lipinski definition) is 4. The first-order valence-electron chi connectivity index (χ1n) is 14.0. The molecule has 1 fully saturated rings.